The number of hydrogen-bond donors (Lipinski definition) is 2. The maximum absolute atomic E-state index is 3.58. The molecule has 1 aliphatic rings. The van der Waals surface area contributed by atoms with Gasteiger partial charge in [0.2, 0.25) is 0 Å². The van der Waals surface area contributed by atoms with E-state index < -0.39 is 0 Å². The lowest BCUT2D eigenvalue weighted by Crippen LogP contribution is -2.29. The fraction of sp³-hybridized carbons (Fsp3) is 0.571. The van der Waals surface area contributed by atoms with Crippen LogP contribution in [0.3, 0.4) is 0 Å². The van der Waals surface area contributed by atoms with Crippen molar-refractivity contribution in [2.24, 2.45) is 0 Å². The van der Waals surface area contributed by atoms with Gasteiger partial charge in [-0.05, 0) is 37.4 Å². The topological polar surface area (TPSA) is 24.1 Å². The van der Waals surface area contributed by atoms with Crippen molar-refractivity contribution in [2.75, 3.05) is 18.4 Å². The highest BCUT2D eigenvalue weighted by Gasteiger charge is 2.13. The van der Waals surface area contributed by atoms with Crippen molar-refractivity contribution in [1.29, 1.82) is 0 Å². The van der Waals surface area contributed by atoms with Crippen LogP contribution in [0.5, 0.6) is 0 Å². The van der Waals surface area contributed by atoms with E-state index in [2.05, 4.69) is 41.8 Å². The molecule has 88 valence electrons. The van der Waals surface area contributed by atoms with Crippen LogP contribution in [0.25, 0.3) is 0 Å². The zero-order valence-corrected chi connectivity index (χ0v) is 10.1. The molecule has 0 radical (unpaired) electrons. The van der Waals surface area contributed by atoms with Crippen LogP contribution in [-0.2, 0) is 6.42 Å². The zero-order valence-electron chi connectivity index (χ0n) is 10.1. The minimum Gasteiger partial charge on any atom is -0.383 e. The first-order valence-electron chi connectivity index (χ1n) is 6.45. The Balaban J connectivity index is 1.91. The summed E-state index contributed by atoms with van der Waals surface area (Å²) in [7, 11) is 0. The fourth-order valence-electron chi connectivity index (χ4n) is 2.34. The molecule has 1 unspecified atom stereocenters. The van der Waals surface area contributed by atoms with Gasteiger partial charge >= 0.3 is 0 Å². The maximum Gasteiger partial charge on any atom is 0.0373 e. The third kappa shape index (κ3) is 2.99. The van der Waals surface area contributed by atoms with Crippen LogP contribution in [-0.4, -0.2) is 19.1 Å². The van der Waals surface area contributed by atoms with Crippen molar-refractivity contribution >= 4 is 5.69 Å². The molecular weight excluding hydrogens is 196 g/mol. The van der Waals surface area contributed by atoms with Gasteiger partial charge in [0.1, 0.15) is 0 Å². The number of anilines is 1. The van der Waals surface area contributed by atoms with E-state index in [1.807, 2.05) is 0 Å². The normalized spacial score (nSPS) is 19.9. The smallest absolute Gasteiger partial charge is 0.0373 e. The minimum absolute atomic E-state index is 0.662. The van der Waals surface area contributed by atoms with Crippen LogP contribution in [0.4, 0.5) is 5.69 Å². The molecule has 0 saturated carbocycles. The summed E-state index contributed by atoms with van der Waals surface area (Å²) in [5.41, 5.74) is 2.76. The highest BCUT2D eigenvalue weighted by atomic mass is 15.0. The minimum atomic E-state index is 0.662. The van der Waals surface area contributed by atoms with Gasteiger partial charge in [-0.25, -0.2) is 0 Å². The number of aryl methyl sites for hydroxylation is 1. The van der Waals surface area contributed by atoms with Crippen LogP contribution in [0.1, 0.15) is 31.7 Å². The largest absolute Gasteiger partial charge is 0.383 e. The first kappa shape index (κ1) is 11.5. The molecule has 1 fully saturated rings. The van der Waals surface area contributed by atoms with Crippen LogP contribution < -0.4 is 10.6 Å². The summed E-state index contributed by atoms with van der Waals surface area (Å²) in [6, 6.07) is 9.33. The Morgan fingerprint density at radius 2 is 2.25 bits per heavy atom. The van der Waals surface area contributed by atoms with Gasteiger partial charge in [-0.1, -0.05) is 31.5 Å². The van der Waals surface area contributed by atoms with Gasteiger partial charge in [0, 0.05) is 18.3 Å². The number of benzene rings is 1. The number of rotatable bonds is 5. The molecule has 1 heterocycles. The Labute approximate surface area is 98.4 Å². The standard InChI is InChI=1S/C14H22N2/c1-2-6-12-7-3-4-9-14(12)16-11-13-8-5-10-15-13/h3-4,7,9,13,15-16H,2,5-6,8,10-11H2,1H3. The molecule has 1 aliphatic heterocycles. The molecule has 2 rings (SSSR count). The van der Waals surface area contributed by atoms with E-state index >= 15 is 0 Å². The molecular formula is C14H22N2. The number of nitrogens with one attached hydrogen (secondary N) is 2. The van der Waals surface area contributed by atoms with Crippen LogP contribution >= 0.6 is 0 Å². The lowest BCUT2D eigenvalue weighted by atomic mass is 10.1. The van der Waals surface area contributed by atoms with E-state index in [-0.39, 0.29) is 0 Å². The van der Waals surface area contributed by atoms with E-state index in [0.717, 1.165) is 6.54 Å². The number of para-hydroxylation sites is 1. The first-order valence-corrected chi connectivity index (χ1v) is 6.45. The van der Waals surface area contributed by atoms with Gasteiger partial charge < -0.3 is 10.6 Å². The first-order chi connectivity index (χ1) is 7.90. The summed E-state index contributed by atoms with van der Waals surface area (Å²) in [6.07, 6.45) is 5.01. The highest BCUT2D eigenvalue weighted by Crippen LogP contribution is 2.17. The Kier molecular flexibility index (Phi) is 4.23. The van der Waals surface area contributed by atoms with Gasteiger partial charge in [0.05, 0.1) is 0 Å². The molecule has 1 atom stereocenters. The lowest BCUT2D eigenvalue weighted by Gasteiger charge is -2.15. The van der Waals surface area contributed by atoms with Crippen molar-refractivity contribution in [3.8, 4) is 0 Å². The van der Waals surface area contributed by atoms with E-state index in [4.69, 9.17) is 0 Å². The average Bonchev–Trinajstić information content (AvgIpc) is 2.81. The van der Waals surface area contributed by atoms with Crippen molar-refractivity contribution in [3.63, 3.8) is 0 Å². The Bertz CT molecular complexity index is 316. The van der Waals surface area contributed by atoms with Crippen LogP contribution in [0.2, 0.25) is 0 Å². The van der Waals surface area contributed by atoms with Crippen molar-refractivity contribution in [3.05, 3.63) is 29.8 Å². The SMILES string of the molecule is CCCc1ccccc1NCC1CCCN1. The molecule has 2 N–H and O–H groups in total. The van der Waals surface area contributed by atoms with E-state index in [9.17, 15) is 0 Å². The predicted octanol–water partition coefficient (Wildman–Crippen LogP) is 2.80. The molecule has 0 bridgehead atoms. The van der Waals surface area contributed by atoms with Gasteiger partial charge in [-0.2, -0.15) is 0 Å². The molecule has 0 amide bonds. The molecule has 0 aliphatic carbocycles. The summed E-state index contributed by atoms with van der Waals surface area (Å²) >= 11 is 0. The molecule has 1 aromatic rings. The second kappa shape index (κ2) is 5.90. The molecule has 2 heteroatoms. The summed E-state index contributed by atoms with van der Waals surface area (Å²) in [5.74, 6) is 0. The van der Waals surface area contributed by atoms with E-state index in [1.165, 1.54) is 43.5 Å². The van der Waals surface area contributed by atoms with Crippen LogP contribution in [0, 0.1) is 0 Å². The second-order valence-corrected chi connectivity index (χ2v) is 4.58. The number of hydrogen-bond acceptors (Lipinski definition) is 2. The highest BCUT2D eigenvalue weighted by molar-refractivity contribution is 5.51. The van der Waals surface area contributed by atoms with E-state index in [1.54, 1.807) is 0 Å². The Morgan fingerprint density at radius 1 is 1.38 bits per heavy atom. The molecule has 2 nitrogen and oxygen atoms in total. The molecule has 0 aromatic heterocycles. The third-order valence-electron chi connectivity index (χ3n) is 3.24. The van der Waals surface area contributed by atoms with Gasteiger partial charge in [0.15, 0.2) is 0 Å². The van der Waals surface area contributed by atoms with Gasteiger partial charge in [0.25, 0.3) is 0 Å². The van der Waals surface area contributed by atoms with Crippen molar-refractivity contribution in [1.82, 2.24) is 5.32 Å². The predicted molar refractivity (Wildman–Crippen MR) is 70.0 cm³/mol. The Morgan fingerprint density at radius 3 is 3.00 bits per heavy atom. The third-order valence-corrected chi connectivity index (χ3v) is 3.24. The lowest BCUT2D eigenvalue weighted by molar-refractivity contribution is 0.633. The molecule has 1 saturated heterocycles. The summed E-state index contributed by atoms with van der Waals surface area (Å²) in [6.45, 7) is 4.47. The molecule has 0 spiro atoms. The summed E-state index contributed by atoms with van der Waals surface area (Å²) in [5, 5.41) is 7.09. The fourth-order valence-corrected chi connectivity index (χ4v) is 2.34. The van der Waals surface area contributed by atoms with Crippen molar-refractivity contribution in [2.45, 2.75) is 38.6 Å². The van der Waals surface area contributed by atoms with Crippen molar-refractivity contribution < 1.29 is 0 Å². The van der Waals surface area contributed by atoms with E-state index in [0.29, 0.717) is 6.04 Å². The molecule has 1 aromatic carbocycles. The average molecular weight is 218 g/mol. The zero-order chi connectivity index (χ0) is 11.2. The van der Waals surface area contributed by atoms with Gasteiger partial charge in [-0.15, -0.1) is 0 Å². The summed E-state index contributed by atoms with van der Waals surface area (Å²) in [4.78, 5) is 0. The van der Waals surface area contributed by atoms with Gasteiger partial charge in [-0.3, -0.25) is 0 Å². The molecule has 16 heavy (non-hydrogen) atoms. The quantitative estimate of drug-likeness (QED) is 0.794. The van der Waals surface area contributed by atoms with Crippen LogP contribution in [0.15, 0.2) is 24.3 Å². The maximum atomic E-state index is 3.58. The second-order valence-electron chi connectivity index (χ2n) is 4.58. The Hall–Kier alpha value is -1.02. The summed E-state index contributed by atoms with van der Waals surface area (Å²) < 4.78 is 0. The monoisotopic (exact) mass is 218 g/mol.